The topological polar surface area (TPSA) is 120 Å². The summed E-state index contributed by atoms with van der Waals surface area (Å²) in [4.78, 5) is 13.6. The zero-order valence-corrected chi connectivity index (χ0v) is 18.2. The van der Waals surface area contributed by atoms with Gasteiger partial charge in [0.15, 0.2) is 16.9 Å². The summed E-state index contributed by atoms with van der Waals surface area (Å²) in [5.74, 6) is -0.828. The van der Waals surface area contributed by atoms with E-state index in [0.717, 1.165) is 11.6 Å². The van der Waals surface area contributed by atoms with E-state index in [-0.39, 0.29) is 57.8 Å². The molecule has 0 unspecified atom stereocenters. The summed E-state index contributed by atoms with van der Waals surface area (Å²) >= 11 is 0. The summed E-state index contributed by atoms with van der Waals surface area (Å²) in [7, 11) is 0. The minimum absolute atomic E-state index is 0.00244. The molecule has 0 saturated carbocycles. The third-order valence-electron chi connectivity index (χ3n) is 6.50. The number of fused-ring (bicyclic) bond motifs is 3. The molecule has 1 atom stereocenters. The van der Waals surface area contributed by atoms with E-state index >= 15 is 0 Å². The number of ether oxygens (including phenoxy) is 1. The molecular formula is C25H24O7. The number of aromatic hydroxyl groups is 4. The quantitative estimate of drug-likeness (QED) is 0.433. The second kappa shape index (κ2) is 6.45. The van der Waals surface area contributed by atoms with Gasteiger partial charge in [0.1, 0.15) is 39.6 Å². The van der Waals surface area contributed by atoms with E-state index in [2.05, 4.69) is 0 Å². The summed E-state index contributed by atoms with van der Waals surface area (Å²) in [5.41, 5.74) is 1.51. The van der Waals surface area contributed by atoms with Crippen molar-refractivity contribution in [3.8, 4) is 40.1 Å². The second-order valence-corrected chi connectivity index (χ2v) is 9.32. The van der Waals surface area contributed by atoms with Gasteiger partial charge in [0.05, 0.1) is 5.56 Å². The van der Waals surface area contributed by atoms with Gasteiger partial charge in [-0.05, 0) is 40.5 Å². The monoisotopic (exact) mass is 436 g/mol. The molecule has 0 spiro atoms. The maximum absolute atomic E-state index is 13.6. The molecule has 32 heavy (non-hydrogen) atoms. The van der Waals surface area contributed by atoms with Gasteiger partial charge in [-0.2, -0.15) is 0 Å². The molecule has 2 aliphatic rings. The molecule has 0 bridgehead atoms. The number of rotatable bonds is 2. The molecular weight excluding hydrogens is 412 g/mol. The highest BCUT2D eigenvalue weighted by molar-refractivity contribution is 5.92. The molecule has 5 rings (SSSR count). The molecule has 7 nitrogen and oxygen atoms in total. The molecule has 166 valence electrons. The van der Waals surface area contributed by atoms with Crippen molar-refractivity contribution in [1.29, 1.82) is 0 Å². The Kier molecular flexibility index (Phi) is 4.09. The predicted molar refractivity (Wildman–Crippen MR) is 119 cm³/mol. The van der Waals surface area contributed by atoms with Gasteiger partial charge in [0.25, 0.3) is 0 Å². The standard InChI is InChI=1S/C25H24O7/c1-10(2)5-6-11-14(26)8-16(28)20-21(30)12-7-13-18-19(23(12)31-22(11)20)15(27)9-17(29)24(18)32-25(13,3)4/h5,8-9,13,26-29H,6-7H2,1-4H3/t13-/m1/s1. The van der Waals surface area contributed by atoms with Crippen LogP contribution in [-0.4, -0.2) is 26.0 Å². The Morgan fingerprint density at radius 3 is 2.47 bits per heavy atom. The van der Waals surface area contributed by atoms with E-state index in [1.165, 1.54) is 6.07 Å². The van der Waals surface area contributed by atoms with Crippen molar-refractivity contribution in [2.75, 3.05) is 0 Å². The van der Waals surface area contributed by atoms with Gasteiger partial charge in [0, 0.05) is 34.7 Å². The SMILES string of the molecule is CC(C)=CCc1c(O)cc(O)c2c(=O)c3c(oc12)-c1c(O)cc(O)c2c1[C@@H](C3)C(C)(C)O2. The third-order valence-corrected chi connectivity index (χ3v) is 6.50. The molecule has 7 heteroatoms. The average Bonchev–Trinajstić information content (AvgIpc) is 2.96. The van der Waals surface area contributed by atoms with Crippen LogP contribution in [0.2, 0.25) is 0 Å². The normalized spacial score (nSPS) is 17.6. The Balaban J connectivity index is 1.90. The van der Waals surface area contributed by atoms with Crippen molar-refractivity contribution in [2.45, 2.75) is 52.1 Å². The number of allylic oxidation sites excluding steroid dienone is 2. The fraction of sp³-hybridized carbons (Fsp3) is 0.320. The van der Waals surface area contributed by atoms with E-state index in [1.807, 2.05) is 33.8 Å². The largest absolute Gasteiger partial charge is 0.507 e. The zero-order valence-electron chi connectivity index (χ0n) is 18.2. The van der Waals surface area contributed by atoms with Gasteiger partial charge in [-0.15, -0.1) is 0 Å². The van der Waals surface area contributed by atoms with Crippen LogP contribution in [0.4, 0.5) is 0 Å². The highest BCUT2D eigenvalue weighted by Crippen LogP contribution is 2.59. The summed E-state index contributed by atoms with van der Waals surface area (Å²) in [6, 6.07) is 2.34. The number of benzene rings is 2. The smallest absolute Gasteiger partial charge is 0.200 e. The highest BCUT2D eigenvalue weighted by atomic mass is 16.5. The van der Waals surface area contributed by atoms with Crippen molar-refractivity contribution >= 4 is 11.0 Å². The van der Waals surface area contributed by atoms with E-state index in [9.17, 15) is 25.2 Å². The Bertz CT molecular complexity index is 1400. The zero-order chi connectivity index (χ0) is 23.1. The van der Waals surface area contributed by atoms with Gasteiger partial charge in [0.2, 0.25) is 0 Å². The molecule has 1 aromatic heterocycles. The molecule has 4 N–H and O–H groups in total. The summed E-state index contributed by atoms with van der Waals surface area (Å²) in [5, 5.41) is 42.1. The minimum atomic E-state index is -0.729. The van der Waals surface area contributed by atoms with Crippen LogP contribution in [-0.2, 0) is 12.8 Å². The first-order valence-electron chi connectivity index (χ1n) is 10.5. The Morgan fingerprint density at radius 2 is 1.78 bits per heavy atom. The first-order chi connectivity index (χ1) is 15.0. The van der Waals surface area contributed by atoms with E-state index in [0.29, 0.717) is 28.7 Å². The van der Waals surface area contributed by atoms with Crippen LogP contribution in [0.3, 0.4) is 0 Å². The fourth-order valence-corrected chi connectivity index (χ4v) is 4.88. The van der Waals surface area contributed by atoms with Crippen LogP contribution in [0, 0.1) is 0 Å². The van der Waals surface area contributed by atoms with Gasteiger partial charge < -0.3 is 29.6 Å². The van der Waals surface area contributed by atoms with Gasteiger partial charge >= 0.3 is 0 Å². The lowest BCUT2D eigenvalue weighted by molar-refractivity contribution is 0.106. The van der Waals surface area contributed by atoms with Crippen molar-refractivity contribution in [3.63, 3.8) is 0 Å². The predicted octanol–water partition coefficient (Wildman–Crippen LogP) is 4.60. The first-order valence-corrected chi connectivity index (χ1v) is 10.5. The maximum atomic E-state index is 13.6. The van der Waals surface area contributed by atoms with Crippen LogP contribution in [0.15, 0.2) is 33.0 Å². The molecule has 3 aromatic rings. The Labute approximate surface area is 183 Å². The van der Waals surface area contributed by atoms with E-state index in [1.54, 1.807) is 0 Å². The average molecular weight is 436 g/mol. The first kappa shape index (κ1) is 20.3. The van der Waals surface area contributed by atoms with Crippen molar-refractivity contribution in [2.24, 2.45) is 0 Å². The highest BCUT2D eigenvalue weighted by Gasteiger charge is 2.49. The molecule has 0 amide bonds. The Hall–Kier alpha value is -3.61. The lowest BCUT2D eigenvalue weighted by Gasteiger charge is -2.30. The molecule has 0 saturated heterocycles. The molecule has 2 aromatic carbocycles. The molecule has 2 heterocycles. The van der Waals surface area contributed by atoms with Crippen molar-refractivity contribution in [1.82, 2.24) is 0 Å². The summed E-state index contributed by atoms with van der Waals surface area (Å²) in [6.07, 6.45) is 2.44. The number of phenolic OH excluding ortho intramolecular Hbond substituents is 4. The van der Waals surface area contributed by atoms with E-state index < -0.39 is 11.0 Å². The van der Waals surface area contributed by atoms with Crippen LogP contribution >= 0.6 is 0 Å². The van der Waals surface area contributed by atoms with Crippen LogP contribution in [0.25, 0.3) is 22.3 Å². The van der Waals surface area contributed by atoms with Gasteiger partial charge in [-0.25, -0.2) is 0 Å². The Morgan fingerprint density at radius 1 is 1.09 bits per heavy atom. The van der Waals surface area contributed by atoms with Crippen molar-refractivity contribution in [3.05, 3.63) is 50.7 Å². The molecule has 0 radical (unpaired) electrons. The molecule has 1 aliphatic heterocycles. The van der Waals surface area contributed by atoms with Gasteiger partial charge in [-0.3, -0.25) is 4.79 Å². The number of hydrogen-bond acceptors (Lipinski definition) is 7. The fourth-order valence-electron chi connectivity index (χ4n) is 4.88. The van der Waals surface area contributed by atoms with Crippen LogP contribution < -0.4 is 10.2 Å². The lowest BCUT2D eigenvalue weighted by atomic mass is 9.75. The van der Waals surface area contributed by atoms with Crippen LogP contribution in [0.5, 0.6) is 28.7 Å². The molecule has 1 aliphatic carbocycles. The van der Waals surface area contributed by atoms with E-state index in [4.69, 9.17) is 9.15 Å². The van der Waals surface area contributed by atoms with Crippen molar-refractivity contribution < 1.29 is 29.6 Å². The summed E-state index contributed by atoms with van der Waals surface area (Å²) < 4.78 is 12.2. The maximum Gasteiger partial charge on any atom is 0.200 e. The summed E-state index contributed by atoms with van der Waals surface area (Å²) in [6.45, 7) is 7.55. The molecule has 0 fully saturated rings. The third kappa shape index (κ3) is 2.63. The number of phenols is 4. The number of hydrogen-bond donors (Lipinski definition) is 4. The lowest BCUT2D eigenvalue weighted by Crippen LogP contribution is -2.34. The van der Waals surface area contributed by atoms with Gasteiger partial charge in [-0.1, -0.05) is 11.6 Å². The van der Waals surface area contributed by atoms with Crippen LogP contribution in [0.1, 0.15) is 50.3 Å². The minimum Gasteiger partial charge on any atom is -0.507 e. The second-order valence-electron chi connectivity index (χ2n) is 9.32.